The van der Waals surface area contributed by atoms with Gasteiger partial charge in [-0.15, -0.1) is 0 Å². The number of benzene rings is 4. The van der Waals surface area contributed by atoms with Crippen molar-refractivity contribution >= 4 is 28.9 Å². The van der Waals surface area contributed by atoms with E-state index in [9.17, 15) is 35.9 Å². The lowest BCUT2D eigenvalue weighted by Gasteiger charge is -2.38. The minimum Gasteiger partial charge on any atom is -0.399 e. The third kappa shape index (κ3) is 4.74. The zero-order valence-electron chi connectivity index (χ0n) is 22.3. The lowest BCUT2D eigenvalue weighted by atomic mass is 9.72. The minimum atomic E-state index is -5.88. The lowest BCUT2D eigenvalue weighted by Crippen LogP contribution is -2.54. The summed E-state index contributed by atoms with van der Waals surface area (Å²) >= 11 is 0. The number of hydrogen-bond acceptors (Lipinski definition) is 4. The van der Waals surface area contributed by atoms with Crippen LogP contribution in [-0.2, 0) is 5.41 Å². The maximum Gasteiger partial charge on any atom is 0.411 e. The second kappa shape index (κ2) is 10.2. The second-order valence-electron chi connectivity index (χ2n) is 9.91. The van der Waals surface area contributed by atoms with Crippen LogP contribution in [0.25, 0.3) is 0 Å². The molecule has 0 atom stereocenters. The molecule has 4 aromatic rings. The van der Waals surface area contributed by atoms with Gasteiger partial charge in [-0.05, 0) is 72.1 Å². The van der Waals surface area contributed by atoms with Crippen molar-refractivity contribution in [2.75, 3.05) is 16.4 Å². The normalized spacial score (nSPS) is 13.5. The number of nitrogens with two attached hydrogens (primary N) is 2. The fourth-order valence-corrected chi connectivity index (χ4v) is 5.05. The van der Waals surface area contributed by atoms with Crippen LogP contribution in [0.5, 0.6) is 0 Å². The first-order chi connectivity index (χ1) is 20.2. The topological polar surface area (TPSA) is 89.4 Å². The molecule has 1 heterocycles. The van der Waals surface area contributed by atoms with Gasteiger partial charge >= 0.3 is 12.4 Å². The third-order valence-corrected chi connectivity index (χ3v) is 7.28. The van der Waals surface area contributed by atoms with Gasteiger partial charge in [-0.2, -0.15) is 26.3 Å². The van der Waals surface area contributed by atoms with Gasteiger partial charge in [0.25, 0.3) is 11.8 Å². The number of anilines is 3. The number of imide groups is 1. The van der Waals surface area contributed by atoms with E-state index >= 15 is 0 Å². The van der Waals surface area contributed by atoms with Crippen molar-refractivity contribution in [3.8, 4) is 11.8 Å². The molecule has 1 aliphatic heterocycles. The van der Waals surface area contributed by atoms with Crippen LogP contribution in [0.1, 0.15) is 48.5 Å². The van der Waals surface area contributed by atoms with Crippen LogP contribution in [0.2, 0.25) is 0 Å². The molecule has 0 aromatic heterocycles. The number of carbonyl (C=O) groups excluding carboxylic acids is 2. The summed E-state index contributed by atoms with van der Waals surface area (Å²) in [5.74, 6) is 4.12. The average molecular weight is 594 g/mol. The van der Waals surface area contributed by atoms with E-state index in [0.29, 0.717) is 40.3 Å². The van der Waals surface area contributed by atoms with Crippen molar-refractivity contribution in [1.29, 1.82) is 0 Å². The predicted molar refractivity (Wildman–Crippen MR) is 149 cm³/mol. The van der Waals surface area contributed by atoms with E-state index in [1.165, 1.54) is 25.1 Å². The number of hydrogen-bond donors (Lipinski definition) is 2. The molecule has 1 aliphatic rings. The maximum atomic E-state index is 14.6. The van der Waals surface area contributed by atoms with Gasteiger partial charge in [0.05, 0.1) is 22.5 Å². The molecular weight excluding hydrogens is 572 g/mol. The fourth-order valence-electron chi connectivity index (χ4n) is 5.05. The van der Waals surface area contributed by atoms with Gasteiger partial charge in [0.1, 0.15) is 0 Å². The van der Waals surface area contributed by atoms with Crippen LogP contribution in [0.15, 0.2) is 84.9 Å². The number of aryl methyl sites for hydroxylation is 1. The Kier molecular flexibility index (Phi) is 6.97. The average Bonchev–Trinajstić information content (AvgIpc) is 3.18. The van der Waals surface area contributed by atoms with Crippen LogP contribution in [0, 0.1) is 18.8 Å². The number of carbonyl (C=O) groups is 2. The highest BCUT2D eigenvalue weighted by Gasteiger charge is 2.72. The zero-order valence-corrected chi connectivity index (χ0v) is 22.3. The van der Waals surface area contributed by atoms with Crippen molar-refractivity contribution in [1.82, 2.24) is 0 Å². The summed E-state index contributed by atoms with van der Waals surface area (Å²) in [6.45, 7) is 1.44. The number of halogens is 6. The number of rotatable bonds is 3. The van der Waals surface area contributed by atoms with E-state index in [1.54, 1.807) is 24.3 Å². The predicted octanol–water partition coefficient (Wildman–Crippen LogP) is 6.77. The zero-order chi connectivity index (χ0) is 31.3. The van der Waals surface area contributed by atoms with E-state index in [2.05, 4.69) is 11.8 Å². The maximum absolute atomic E-state index is 14.6. The smallest absolute Gasteiger partial charge is 0.399 e. The first kappa shape index (κ1) is 29.3. The van der Waals surface area contributed by atoms with Gasteiger partial charge in [0.2, 0.25) is 5.41 Å². The van der Waals surface area contributed by atoms with E-state index in [1.807, 2.05) is 6.07 Å². The van der Waals surface area contributed by atoms with E-state index in [0.717, 1.165) is 12.1 Å². The SMILES string of the molecule is Cc1ccc(C(c2ccc(N3C(=O)c4ccc(C#Cc5ccccc5)cc4C3=O)c(N)c2)(C(F)(F)F)C(F)(F)F)cc1N. The highest BCUT2D eigenvalue weighted by molar-refractivity contribution is 6.35. The molecule has 11 heteroatoms. The summed E-state index contributed by atoms with van der Waals surface area (Å²) in [4.78, 5) is 27.1. The lowest BCUT2D eigenvalue weighted by molar-refractivity contribution is -0.288. The molecule has 5 nitrogen and oxygen atoms in total. The first-order valence-corrected chi connectivity index (χ1v) is 12.7. The Labute approximate surface area is 241 Å². The van der Waals surface area contributed by atoms with Gasteiger partial charge in [-0.1, -0.05) is 48.2 Å². The third-order valence-electron chi connectivity index (χ3n) is 7.28. The molecular formula is C32H21F6N3O2. The Balaban J connectivity index is 1.58. The fraction of sp³-hybridized carbons (Fsp3) is 0.125. The first-order valence-electron chi connectivity index (χ1n) is 12.7. The van der Waals surface area contributed by atoms with Crippen molar-refractivity contribution in [2.24, 2.45) is 0 Å². The Morgan fingerprint density at radius 3 is 1.77 bits per heavy atom. The van der Waals surface area contributed by atoms with Crippen molar-refractivity contribution in [3.63, 3.8) is 0 Å². The van der Waals surface area contributed by atoms with Gasteiger partial charge in [0.15, 0.2) is 0 Å². The van der Waals surface area contributed by atoms with Crippen LogP contribution < -0.4 is 16.4 Å². The van der Waals surface area contributed by atoms with Crippen LogP contribution in [0.4, 0.5) is 43.4 Å². The molecule has 0 aliphatic carbocycles. The summed E-state index contributed by atoms with van der Waals surface area (Å²) in [7, 11) is 0. The molecule has 0 radical (unpaired) electrons. The molecule has 0 unspecified atom stereocenters. The largest absolute Gasteiger partial charge is 0.411 e. The molecule has 4 N–H and O–H groups in total. The van der Waals surface area contributed by atoms with Crippen LogP contribution in [-0.4, -0.2) is 24.2 Å². The Hall–Kier alpha value is -5.24. The Morgan fingerprint density at radius 2 is 1.19 bits per heavy atom. The summed E-state index contributed by atoms with van der Waals surface area (Å²) in [6.07, 6.45) is -11.8. The van der Waals surface area contributed by atoms with E-state index < -0.39 is 46.4 Å². The summed E-state index contributed by atoms with van der Waals surface area (Å²) < 4.78 is 87.5. The molecule has 0 spiro atoms. The molecule has 218 valence electrons. The van der Waals surface area contributed by atoms with Crippen molar-refractivity contribution in [2.45, 2.75) is 24.7 Å². The Morgan fingerprint density at radius 1 is 0.628 bits per heavy atom. The van der Waals surface area contributed by atoms with E-state index in [4.69, 9.17) is 11.5 Å². The number of nitrogen functional groups attached to an aromatic ring is 2. The van der Waals surface area contributed by atoms with Gasteiger partial charge in [0, 0.05) is 16.8 Å². The number of nitrogens with zero attached hydrogens (tertiary/aromatic N) is 1. The van der Waals surface area contributed by atoms with Crippen LogP contribution in [0.3, 0.4) is 0 Å². The van der Waals surface area contributed by atoms with Crippen LogP contribution >= 0.6 is 0 Å². The molecule has 4 aromatic carbocycles. The van der Waals surface area contributed by atoms with E-state index in [-0.39, 0.29) is 28.1 Å². The van der Waals surface area contributed by atoms with Gasteiger partial charge < -0.3 is 11.5 Å². The highest BCUT2D eigenvalue weighted by Crippen LogP contribution is 2.57. The van der Waals surface area contributed by atoms with Crippen molar-refractivity contribution < 1.29 is 35.9 Å². The number of amides is 2. The summed E-state index contributed by atoms with van der Waals surface area (Å²) in [5.41, 5.74) is 4.84. The molecule has 5 rings (SSSR count). The number of alkyl halides is 6. The standard InChI is InChI=1S/C32H21F6N3O2/c1-18-7-11-21(16-25(18)39)30(31(33,34)35,32(36,37)38)22-12-14-27(26(40)17-22)41-28(42)23-13-10-20(15-24(23)29(41)43)9-8-19-5-3-2-4-6-19/h2-7,10-17H,39-40H2,1H3. The molecule has 0 fully saturated rings. The second-order valence-corrected chi connectivity index (χ2v) is 9.91. The van der Waals surface area contributed by atoms with Gasteiger partial charge in [-0.3, -0.25) is 9.59 Å². The molecule has 0 saturated heterocycles. The van der Waals surface area contributed by atoms with Gasteiger partial charge in [-0.25, -0.2) is 4.90 Å². The molecule has 0 bridgehead atoms. The van der Waals surface area contributed by atoms with Crippen molar-refractivity contribution in [3.05, 3.63) is 124 Å². The highest BCUT2D eigenvalue weighted by atomic mass is 19.4. The molecule has 0 saturated carbocycles. The minimum absolute atomic E-state index is 0.0196. The molecule has 2 amide bonds. The monoisotopic (exact) mass is 593 g/mol. The molecule has 43 heavy (non-hydrogen) atoms. The summed E-state index contributed by atoms with van der Waals surface area (Å²) in [5, 5.41) is 0. The summed E-state index contributed by atoms with van der Waals surface area (Å²) in [6, 6.07) is 17.5. The number of fused-ring (bicyclic) bond motifs is 1. The Bertz CT molecular complexity index is 1820. The quantitative estimate of drug-likeness (QED) is 0.119.